The fraction of sp³-hybridized carbons (Fsp3) is 0.500. The lowest BCUT2D eigenvalue weighted by molar-refractivity contribution is -0.137. The molecule has 1 amide bonds. The van der Waals surface area contributed by atoms with Crippen molar-refractivity contribution in [1.29, 1.82) is 0 Å². The summed E-state index contributed by atoms with van der Waals surface area (Å²) in [6.07, 6.45) is 3.53. The van der Waals surface area contributed by atoms with Crippen LogP contribution in [0.1, 0.15) is 38.7 Å². The summed E-state index contributed by atoms with van der Waals surface area (Å²) in [6.45, 7) is 4.61. The minimum absolute atomic E-state index is 0.137. The Morgan fingerprint density at radius 3 is 2.75 bits per heavy atom. The molecule has 1 fully saturated rings. The zero-order valence-corrected chi connectivity index (χ0v) is 15.5. The van der Waals surface area contributed by atoms with Crippen LogP contribution in [-0.4, -0.2) is 35.2 Å². The number of amides is 1. The Morgan fingerprint density at radius 1 is 1.38 bits per heavy atom. The molecule has 0 spiro atoms. The quantitative estimate of drug-likeness (QED) is 0.834. The average molecular weight is 370 g/mol. The number of hydrogen-bond donors (Lipinski definition) is 1. The fourth-order valence-electron chi connectivity index (χ4n) is 3.02. The Bertz CT molecular complexity index is 619. The van der Waals surface area contributed by atoms with E-state index >= 15 is 0 Å². The van der Waals surface area contributed by atoms with E-state index in [0.29, 0.717) is 40.9 Å². The maximum absolute atomic E-state index is 12.6. The van der Waals surface area contributed by atoms with Crippen LogP contribution in [0.15, 0.2) is 18.2 Å². The monoisotopic (exact) mass is 369 g/mol. The second-order valence-corrected chi connectivity index (χ2v) is 7.48. The highest BCUT2D eigenvalue weighted by Gasteiger charge is 2.36. The van der Waals surface area contributed by atoms with Crippen LogP contribution in [0.2, 0.25) is 10.0 Å². The summed E-state index contributed by atoms with van der Waals surface area (Å²) in [4.78, 5) is 26.8. The van der Waals surface area contributed by atoms with E-state index in [-0.39, 0.29) is 11.7 Å². The zero-order valence-electron chi connectivity index (χ0n) is 14.0. The molecule has 24 heavy (non-hydrogen) atoms. The van der Waals surface area contributed by atoms with E-state index in [1.807, 2.05) is 13.8 Å². The SMILES string of the molecule is CC(C)C[C@H](N)C(=O)N1CCC[C@H]1C(=O)[CH]c1cc(Cl)ccc1Cl. The van der Waals surface area contributed by atoms with Gasteiger partial charge in [0.25, 0.3) is 0 Å². The Morgan fingerprint density at radius 2 is 2.08 bits per heavy atom. The number of nitrogens with zero attached hydrogens (tertiary/aromatic N) is 1. The number of carbonyl (C=O) groups is 2. The highest BCUT2D eigenvalue weighted by molar-refractivity contribution is 6.34. The van der Waals surface area contributed by atoms with Crippen LogP contribution in [0.3, 0.4) is 0 Å². The van der Waals surface area contributed by atoms with Gasteiger partial charge in [-0.25, -0.2) is 0 Å². The largest absolute Gasteiger partial charge is 0.331 e. The summed E-state index contributed by atoms with van der Waals surface area (Å²) >= 11 is 12.1. The maximum atomic E-state index is 12.6. The van der Waals surface area contributed by atoms with E-state index < -0.39 is 12.1 Å². The van der Waals surface area contributed by atoms with Crippen molar-refractivity contribution in [3.63, 3.8) is 0 Å². The summed E-state index contributed by atoms with van der Waals surface area (Å²) in [5, 5.41) is 0.969. The van der Waals surface area contributed by atoms with Crippen molar-refractivity contribution in [2.24, 2.45) is 11.7 Å². The third kappa shape index (κ3) is 4.71. The van der Waals surface area contributed by atoms with Crippen molar-refractivity contribution in [1.82, 2.24) is 4.90 Å². The van der Waals surface area contributed by atoms with Crippen molar-refractivity contribution in [2.75, 3.05) is 6.54 Å². The van der Waals surface area contributed by atoms with Crippen LogP contribution in [-0.2, 0) is 9.59 Å². The van der Waals surface area contributed by atoms with E-state index in [0.717, 1.165) is 6.42 Å². The van der Waals surface area contributed by atoms with Gasteiger partial charge in [0.2, 0.25) is 5.91 Å². The summed E-state index contributed by atoms with van der Waals surface area (Å²) in [7, 11) is 0. The number of Topliss-reactive ketones (excluding diaryl/α,β-unsaturated/α-hetero) is 1. The summed E-state index contributed by atoms with van der Waals surface area (Å²) in [5.41, 5.74) is 6.58. The number of likely N-dealkylation sites (tertiary alicyclic amines) is 1. The van der Waals surface area contributed by atoms with Gasteiger partial charge in [0.1, 0.15) is 0 Å². The molecular formula is C18H23Cl2N2O2. The summed E-state index contributed by atoms with van der Waals surface area (Å²) in [5.74, 6) is 0.0458. The molecule has 0 bridgehead atoms. The first kappa shape index (κ1) is 19.2. The molecule has 0 aromatic heterocycles. The minimum Gasteiger partial charge on any atom is -0.331 e. The molecule has 2 rings (SSSR count). The van der Waals surface area contributed by atoms with E-state index in [2.05, 4.69) is 0 Å². The molecule has 0 unspecified atom stereocenters. The fourth-order valence-corrected chi connectivity index (χ4v) is 3.38. The molecule has 1 aliphatic heterocycles. The summed E-state index contributed by atoms with van der Waals surface area (Å²) < 4.78 is 0. The standard InChI is InChI=1S/C18H23Cl2N2O2/c1-11(2)8-15(21)18(24)22-7-3-4-16(22)17(23)10-12-9-13(19)5-6-14(12)20/h5-6,9-11,15-16H,3-4,7-8,21H2,1-2H3/t15-,16-/m0/s1. The first-order chi connectivity index (χ1) is 11.3. The second kappa shape index (κ2) is 8.32. The van der Waals surface area contributed by atoms with Crippen molar-refractivity contribution < 1.29 is 9.59 Å². The van der Waals surface area contributed by atoms with E-state index in [1.54, 1.807) is 23.1 Å². The number of rotatable bonds is 6. The lowest BCUT2D eigenvalue weighted by Gasteiger charge is -2.27. The first-order valence-corrected chi connectivity index (χ1v) is 8.95. The second-order valence-electron chi connectivity index (χ2n) is 6.64. The molecule has 0 saturated carbocycles. The molecule has 1 aromatic rings. The van der Waals surface area contributed by atoms with Gasteiger partial charge >= 0.3 is 0 Å². The van der Waals surface area contributed by atoms with E-state index in [9.17, 15) is 9.59 Å². The van der Waals surface area contributed by atoms with Gasteiger partial charge in [0.15, 0.2) is 5.78 Å². The Hall–Kier alpha value is -1.10. The number of halogens is 2. The third-order valence-electron chi connectivity index (χ3n) is 4.16. The molecule has 1 radical (unpaired) electrons. The van der Waals surface area contributed by atoms with Crippen LogP contribution < -0.4 is 5.73 Å². The van der Waals surface area contributed by atoms with Crippen LogP contribution in [0.25, 0.3) is 0 Å². The Labute approximate surface area is 153 Å². The Kier molecular flexibility index (Phi) is 6.67. The van der Waals surface area contributed by atoms with Gasteiger partial charge in [-0.15, -0.1) is 0 Å². The van der Waals surface area contributed by atoms with Crippen molar-refractivity contribution in [3.8, 4) is 0 Å². The Balaban J connectivity index is 2.08. The lowest BCUT2D eigenvalue weighted by atomic mass is 10.00. The van der Waals surface area contributed by atoms with Crippen LogP contribution in [0.5, 0.6) is 0 Å². The topological polar surface area (TPSA) is 63.4 Å². The van der Waals surface area contributed by atoms with Gasteiger partial charge < -0.3 is 10.6 Å². The van der Waals surface area contributed by atoms with E-state index in [4.69, 9.17) is 28.9 Å². The molecule has 131 valence electrons. The average Bonchev–Trinajstić information content (AvgIpc) is 2.99. The molecule has 1 heterocycles. The molecule has 6 heteroatoms. The molecule has 0 aliphatic carbocycles. The number of benzene rings is 1. The van der Waals surface area contributed by atoms with Crippen molar-refractivity contribution in [2.45, 2.75) is 45.2 Å². The van der Waals surface area contributed by atoms with Crippen LogP contribution in [0.4, 0.5) is 0 Å². The predicted molar refractivity (Wildman–Crippen MR) is 97.0 cm³/mol. The van der Waals surface area contributed by atoms with Gasteiger partial charge in [0.05, 0.1) is 18.5 Å². The van der Waals surface area contributed by atoms with Crippen LogP contribution >= 0.6 is 23.2 Å². The van der Waals surface area contributed by atoms with Gasteiger partial charge in [-0.1, -0.05) is 37.0 Å². The predicted octanol–water partition coefficient (Wildman–Crippen LogP) is 3.48. The molecule has 1 saturated heterocycles. The highest BCUT2D eigenvalue weighted by Crippen LogP contribution is 2.26. The molecule has 4 nitrogen and oxygen atoms in total. The molecule has 1 aliphatic rings. The lowest BCUT2D eigenvalue weighted by Crippen LogP contribution is -2.49. The van der Waals surface area contributed by atoms with Gasteiger partial charge in [-0.2, -0.15) is 0 Å². The van der Waals surface area contributed by atoms with E-state index in [1.165, 1.54) is 6.42 Å². The van der Waals surface area contributed by atoms with Crippen molar-refractivity contribution in [3.05, 3.63) is 40.2 Å². The third-order valence-corrected chi connectivity index (χ3v) is 4.74. The minimum atomic E-state index is -0.562. The highest BCUT2D eigenvalue weighted by atomic mass is 35.5. The molecular weight excluding hydrogens is 347 g/mol. The van der Waals surface area contributed by atoms with Crippen molar-refractivity contribution >= 4 is 34.9 Å². The first-order valence-electron chi connectivity index (χ1n) is 8.19. The zero-order chi connectivity index (χ0) is 17.9. The normalized spacial score (nSPS) is 18.9. The molecule has 2 atom stereocenters. The number of hydrogen-bond acceptors (Lipinski definition) is 3. The maximum Gasteiger partial charge on any atom is 0.240 e. The smallest absolute Gasteiger partial charge is 0.240 e. The molecule has 1 aromatic carbocycles. The molecule has 2 N–H and O–H groups in total. The number of nitrogens with two attached hydrogens (primary N) is 1. The van der Waals surface area contributed by atoms with Gasteiger partial charge in [0, 0.05) is 16.6 Å². The number of ketones is 1. The number of carbonyl (C=O) groups excluding carboxylic acids is 2. The van der Waals surface area contributed by atoms with Gasteiger partial charge in [-0.3, -0.25) is 9.59 Å². The summed E-state index contributed by atoms with van der Waals surface area (Å²) in [6, 6.07) is 3.94. The van der Waals surface area contributed by atoms with Gasteiger partial charge in [-0.05, 0) is 48.9 Å². The van der Waals surface area contributed by atoms with Crippen LogP contribution in [0, 0.1) is 12.3 Å².